The Bertz CT molecular complexity index is 292. The monoisotopic (exact) mass is 268 g/mol. The first kappa shape index (κ1) is 20.9. The summed E-state index contributed by atoms with van der Waals surface area (Å²) in [5.74, 6) is -0.472. The second-order valence-corrected chi connectivity index (χ2v) is 2.88. The first-order valence-corrected chi connectivity index (χ1v) is 4.80. The van der Waals surface area contributed by atoms with Gasteiger partial charge in [-0.2, -0.15) is 8.42 Å². The van der Waals surface area contributed by atoms with Crippen molar-refractivity contribution in [1.82, 2.24) is 0 Å². The zero-order valence-corrected chi connectivity index (χ0v) is 12.6. The van der Waals surface area contributed by atoms with E-state index in [1.807, 2.05) is 0 Å². The molecule has 0 aliphatic rings. The second kappa shape index (κ2) is 11.0. The van der Waals surface area contributed by atoms with Crippen LogP contribution in [0.3, 0.4) is 0 Å². The van der Waals surface area contributed by atoms with Crippen molar-refractivity contribution in [3.63, 3.8) is 0 Å². The van der Waals surface area contributed by atoms with Crippen LogP contribution < -0.4 is 51.4 Å². The van der Waals surface area contributed by atoms with Gasteiger partial charge in [-0.25, -0.2) is 4.79 Å². The maximum absolute atomic E-state index is 10.5. The van der Waals surface area contributed by atoms with Gasteiger partial charge in [0.2, 0.25) is 0 Å². The van der Waals surface area contributed by atoms with Crippen molar-refractivity contribution in [3.05, 3.63) is 11.8 Å². The summed E-state index contributed by atoms with van der Waals surface area (Å²) in [5.41, 5.74) is 0.219. The molecule has 7 nitrogen and oxygen atoms in total. The molecule has 0 aromatic heterocycles. The summed E-state index contributed by atoms with van der Waals surface area (Å²) in [6.45, 7) is 3.53. The number of rotatable bonds is 2. The van der Waals surface area contributed by atoms with Crippen LogP contribution >= 0.6 is 0 Å². The maximum atomic E-state index is 10.5. The molecule has 0 saturated carbocycles. The summed E-state index contributed by atoms with van der Waals surface area (Å²) in [6, 6.07) is 0. The van der Waals surface area contributed by atoms with Crippen molar-refractivity contribution in [1.29, 1.82) is 0 Å². The number of carbonyl (C=O) groups excluding carboxylic acids is 1. The number of aliphatic hydroxyl groups excluding tert-OH is 1. The van der Waals surface area contributed by atoms with E-state index < -0.39 is 16.4 Å². The molecule has 9 heteroatoms. The molecule has 0 spiro atoms. The molecule has 3 N–H and O–H groups in total. The normalized spacial score (nSPS) is 10.5. The van der Waals surface area contributed by atoms with Gasteiger partial charge in [0.25, 0.3) is 0 Å². The second-order valence-electron chi connectivity index (χ2n) is 1.98. The van der Waals surface area contributed by atoms with Crippen LogP contribution in [0.25, 0.3) is 0 Å². The van der Waals surface area contributed by atoms with Crippen LogP contribution in [0.15, 0.2) is 11.8 Å². The van der Waals surface area contributed by atoms with Gasteiger partial charge in [0, 0.05) is 0 Å². The van der Waals surface area contributed by atoms with Crippen molar-refractivity contribution in [3.8, 4) is 0 Å². The van der Waals surface area contributed by atoms with Gasteiger partial charge in [-0.1, -0.05) is 0 Å². The molecule has 0 aliphatic carbocycles. The molecule has 0 aliphatic heterocycles. The number of aliphatic hydroxyl groups is 1. The average Bonchev–Trinajstić information content (AvgIpc) is 2.00. The van der Waals surface area contributed by atoms with Crippen LogP contribution in [0.4, 0.5) is 0 Å². The Morgan fingerprint density at radius 3 is 2.00 bits per heavy atom. The third-order valence-corrected chi connectivity index (χ3v) is 0.791. The Hall–Kier alpha value is 0.516. The van der Waals surface area contributed by atoms with Crippen LogP contribution in [-0.4, -0.2) is 35.2 Å². The molecule has 0 amide bonds. The van der Waals surface area contributed by atoms with Crippen LogP contribution in [0.2, 0.25) is 0 Å². The molecular weight excluding hydrogens is 255 g/mol. The van der Waals surface area contributed by atoms with Crippen LogP contribution in [-0.2, 0) is 19.9 Å². The van der Waals surface area contributed by atoms with Gasteiger partial charge in [-0.15, -0.1) is 0 Å². The minimum absolute atomic E-state index is 0. The Balaban J connectivity index is -0.0000000904. The number of carbonyl (C=O) groups is 1. The van der Waals surface area contributed by atoms with E-state index in [0.29, 0.717) is 6.61 Å². The van der Waals surface area contributed by atoms with Crippen molar-refractivity contribution in [2.24, 2.45) is 0 Å². The van der Waals surface area contributed by atoms with E-state index in [-0.39, 0.29) is 58.4 Å². The molecule has 15 heavy (non-hydrogen) atoms. The first-order valence-electron chi connectivity index (χ1n) is 3.40. The first-order chi connectivity index (χ1) is 6.22. The Morgan fingerprint density at radius 1 is 1.47 bits per heavy atom. The predicted octanol–water partition coefficient (Wildman–Crippen LogP) is -2.52. The van der Waals surface area contributed by atoms with Gasteiger partial charge in [-0.05, 0) is 13.8 Å². The maximum Gasteiger partial charge on any atom is 1.00 e. The molecule has 0 unspecified atom stereocenters. The van der Waals surface area contributed by atoms with Crippen molar-refractivity contribution in [2.75, 3.05) is 6.61 Å². The Labute approximate surface area is 132 Å². The molecule has 0 radical (unpaired) electrons. The molecule has 0 aromatic rings. The van der Waals surface area contributed by atoms with E-state index >= 15 is 0 Å². The molecule has 0 heterocycles. The van der Waals surface area contributed by atoms with Gasteiger partial charge in [0.1, 0.15) is 0 Å². The molecular formula is C6H13KO7S. The van der Waals surface area contributed by atoms with E-state index in [9.17, 15) is 4.79 Å². The van der Waals surface area contributed by atoms with Gasteiger partial charge in [0.15, 0.2) is 0 Å². The third-order valence-electron chi connectivity index (χ3n) is 0.791. The topological polar surface area (TPSA) is 121 Å². The van der Waals surface area contributed by atoms with Crippen LogP contribution in [0.5, 0.6) is 0 Å². The predicted molar refractivity (Wildman–Crippen MR) is 48.3 cm³/mol. The molecule has 0 rings (SSSR count). The summed E-state index contributed by atoms with van der Waals surface area (Å²) < 4.78 is 36.1. The van der Waals surface area contributed by atoms with E-state index in [1.165, 1.54) is 6.92 Å². The molecule has 0 fully saturated rings. The standard InChI is InChI=1S/C6H10O3.K.H2O4S.H/c1-3-9-6(8)5(2)4-7;;1-5(2,3)4;/h4,7H,3H2,1-2H3;;(H2,1,2,3,4);/q;+1;;-1. The van der Waals surface area contributed by atoms with Gasteiger partial charge in [-0.3, -0.25) is 9.11 Å². The van der Waals surface area contributed by atoms with Crippen LogP contribution in [0.1, 0.15) is 15.3 Å². The summed E-state index contributed by atoms with van der Waals surface area (Å²) in [6.07, 6.45) is 0.734. The van der Waals surface area contributed by atoms with Gasteiger partial charge in [0.05, 0.1) is 18.4 Å². The van der Waals surface area contributed by atoms with Crippen molar-refractivity contribution < 1.29 is 85.0 Å². The van der Waals surface area contributed by atoms with Gasteiger partial charge >= 0.3 is 67.8 Å². The molecule has 86 valence electrons. The third kappa shape index (κ3) is 25.1. The zero-order chi connectivity index (χ0) is 11.8. The summed E-state index contributed by atoms with van der Waals surface area (Å²) in [5, 5.41) is 8.27. The van der Waals surface area contributed by atoms with Gasteiger partial charge < -0.3 is 11.3 Å². The molecule has 0 bridgehead atoms. The van der Waals surface area contributed by atoms with Crippen molar-refractivity contribution in [2.45, 2.75) is 13.8 Å². The summed E-state index contributed by atoms with van der Waals surface area (Å²) >= 11 is 0. The van der Waals surface area contributed by atoms with E-state index in [1.54, 1.807) is 6.92 Å². The Morgan fingerprint density at radius 2 is 1.80 bits per heavy atom. The molecule has 0 saturated heterocycles. The fourth-order valence-corrected chi connectivity index (χ4v) is 0.298. The average molecular weight is 268 g/mol. The summed E-state index contributed by atoms with van der Waals surface area (Å²) in [4.78, 5) is 10.5. The Kier molecular flexibility index (Phi) is 15.3. The fourth-order valence-electron chi connectivity index (χ4n) is 0.298. The number of ether oxygens (including phenoxy) is 1. The smallest absolute Gasteiger partial charge is 1.00 e. The quantitative estimate of drug-likeness (QED) is 0.166. The number of hydrogen-bond acceptors (Lipinski definition) is 5. The molecule has 0 atom stereocenters. The largest absolute Gasteiger partial charge is 1.00 e. The number of esters is 1. The molecule has 0 aromatic carbocycles. The fraction of sp³-hybridized carbons (Fsp3) is 0.500. The van der Waals surface area contributed by atoms with E-state index in [4.69, 9.17) is 22.6 Å². The number of hydrogen-bond donors (Lipinski definition) is 3. The zero-order valence-electron chi connectivity index (χ0n) is 9.67. The summed E-state index contributed by atoms with van der Waals surface area (Å²) in [7, 11) is -4.67. The minimum Gasteiger partial charge on any atom is -1.00 e. The SMILES string of the molecule is CCOC(=O)C(C)=CO.O=S(=O)(O)O.[H-].[K+]. The van der Waals surface area contributed by atoms with Crippen LogP contribution in [0, 0.1) is 0 Å². The van der Waals surface area contributed by atoms with Crippen molar-refractivity contribution >= 4 is 16.4 Å². The van der Waals surface area contributed by atoms with E-state index in [0.717, 1.165) is 6.26 Å². The minimum atomic E-state index is -4.67. The van der Waals surface area contributed by atoms with E-state index in [2.05, 4.69) is 4.74 Å².